The predicted octanol–water partition coefficient (Wildman–Crippen LogP) is 6.25. The van der Waals surface area contributed by atoms with E-state index in [1.54, 1.807) is 56.3 Å². The second-order valence-corrected chi connectivity index (χ2v) is 9.62. The molecule has 0 radical (unpaired) electrons. The molecule has 1 aliphatic heterocycles. The minimum absolute atomic E-state index is 0.149. The summed E-state index contributed by atoms with van der Waals surface area (Å²) in [5, 5.41) is 5.71. The third-order valence-electron chi connectivity index (χ3n) is 5.30. The van der Waals surface area contributed by atoms with E-state index in [9.17, 15) is 19.2 Å². The Bertz CT molecular complexity index is 1490. The highest BCUT2D eigenvalue weighted by Crippen LogP contribution is 2.33. The van der Waals surface area contributed by atoms with Crippen LogP contribution in [0.15, 0.2) is 77.5 Å². The molecule has 0 unspecified atom stereocenters. The number of benzene rings is 3. The molecular formula is C27H20Cl3N3O5. The van der Waals surface area contributed by atoms with Crippen LogP contribution in [-0.2, 0) is 14.3 Å². The fourth-order valence-corrected chi connectivity index (χ4v) is 4.03. The first-order valence-electron chi connectivity index (χ1n) is 11.3. The largest absolute Gasteiger partial charge is 0.459 e. The number of anilines is 3. The fourth-order valence-electron chi connectivity index (χ4n) is 3.53. The van der Waals surface area contributed by atoms with Crippen molar-refractivity contribution >= 4 is 75.6 Å². The summed E-state index contributed by atoms with van der Waals surface area (Å²) in [5.41, 5.74) is 1.51. The standard InChI is InChI=1S/C27H20Cl3N3O5/c1-14(2)38-27(37)15-6-8-17(9-7-15)32-24(34)16-4-3-5-18(12-16)31-23-22(30)25(35)33(26(23)36)19-10-11-20(28)21(29)13-19/h3-14,31H,1-2H3,(H,32,34). The van der Waals surface area contributed by atoms with Crippen molar-refractivity contribution in [3.63, 3.8) is 0 Å². The molecular weight excluding hydrogens is 553 g/mol. The zero-order chi connectivity index (χ0) is 27.6. The number of esters is 1. The van der Waals surface area contributed by atoms with Crippen molar-refractivity contribution in [2.24, 2.45) is 0 Å². The Hall–Kier alpha value is -3.85. The maximum absolute atomic E-state index is 13.0. The molecule has 8 nitrogen and oxygen atoms in total. The summed E-state index contributed by atoms with van der Waals surface area (Å²) >= 11 is 18.2. The number of rotatable bonds is 7. The molecule has 0 saturated heterocycles. The van der Waals surface area contributed by atoms with Crippen molar-refractivity contribution < 1.29 is 23.9 Å². The lowest BCUT2D eigenvalue weighted by Crippen LogP contribution is -2.32. The maximum Gasteiger partial charge on any atom is 0.338 e. The lowest BCUT2D eigenvalue weighted by molar-refractivity contribution is -0.120. The highest BCUT2D eigenvalue weighted by molar-refractivity contribution is 6.53. The van der Waals surface area contributed by atoms with E-state index < -0.39 is 23.7 Å². The number of ether oxygens (including phenoxy) is 1. The van der Waals surface area contributed by atoms with Crippen LogP contribution in [0.2, 0.25) is 10.0 Å². The van der Waals surface area contributed by atoms with Crippen molar-refractivity contribution in [2.75, 3.05) is 15.5 Å². The van der Waals surface area contributed by atoms with Crippen LogP contribution >= 0.6 is 34.8 Å². The highest BCUT2D eigenvalue weighted by Gasteiger charge is 2.39. The van der Waals surface area contributed by atoms with Gasteiger partial charge in [0, 0.05) is 16.9 Å². The number of hydrogen-bond donors (Lipinski definition) is 2. The van der Waals surface area contributed by atoms with Crippen molar-refractivity contribution in [3.05, 3.63) is 98.6 Å². The fraction of sp³-hybridized carbons (Fsp3) is 0.111. The van der Waals surface area contributed by atoms with Gasteiger partial charge in [-0.2, -0.15) is 0 Å². The van der Waals surface area contributed by atoms with Gasteiger partial charge >= 0.3 is 5.97 Å². The smallest absolute Gasteiger partial charge is 0.338 e. The molecule has 1 aliphatic rings. The first-order chi connectivity index (χ1) is 18.0. The van der Waals surface area contributed by atoms with E-state index in [0.717, 1.165) is 4.90 Å². The molecule has 0 aliphatic carbocycles. The van der Waals surface area contributed by atoms with E-state index in [1.807, 2.05) is 0 Å². The monoisotopic (exact) mass is 571 g/mol. The Morgan fingerprint density at radius 2 is 1.53 bits per heavy atom. The van der Waals surface area contributed by atoms with E-state index in [4.69, 9.17) is 39.5 Å². The molecule has 0 saturated carbocycles. The Morgan fingerprint density at radius 3 is 2.18 bits per heavy atom. The van der Waals surface area contributed by atoms with Crippen LogP contribution in [0.5, 0.6) is 0 Å². The first kappa shape index (κ1) is 27.2. The molecule has 0 fully saturated rings. The molecule has 0 aromatic heterocycles. The third-order valence-corrected chi connectivity index (χ3v) is 6.39. The molecule has 194 valence electrons. The second-order valence-electron chi connectivity index (χ2n) is 8.42. The number of carbonyl (C=O) groups is 4. The molecule has 0 atom stereocenters. The van der Waals surface area contributed by atoms with Crippen LogP contribution in [0.25, 0.3) is 0 Å². The van der Waals surface area contributed by atoms with Crippen molar-refractivity contribution in [2.45, 2.75) is 20.0 Å². The third kappa shape index (κ3) is 5.83. The molecule has 3 amide bonds. The number of carbonyl (C=O) groups excluding carboxylic acids is 4. The van der Waals surface area contributed by atoms with Gasteiger partial charge in [-0.15, -0.1) is 0 Å². The summed E-state index contributed by atoms with van der Waals surface area (Å²) < 4.78 is 5.15. The zero-order valence-corrected chi connectivity index (χ0v) is 22.3. The molecule has 1 heterocycles. The second kappa shape index (κ2) is 11.3. The van der Waals surface area contributed by atoms with E-state index in [-0.39, 0.29) is 38.1 Å². The van der Waals surface area contributed by atoms with Gasteiger partial charge in [0.15, 0.2) is 0 Å². The molecule has 3 aromatic carbocycles. The average Bonchev–Trinajstić information content (AvgIpc) is 3.09. The molecule has 3 aromatic rings. The van der Waals surface area contributed by atoms with Gasteiger partial charge in [-0.3, -0.25) is 14.4 Å². The van der Waals surface area contributed by atoms with Gasteiger partial charge in [0.05, 0.1) is 27.4 Å². The van der Waals surface area contributed by atoms with Crippen LogP contribution in [0, 0.1) is 0 Å². The summed E-state index contributed by atoms with van der Waals surface area (Å²) in [6.07, 6.45) is -0.245. The molecule has 0 bridgehead atoms. The zero-order valence-electron chi connectivity index (χ0n) is 20.1. The highest BCUT2D eigenvalue weighted by atomic mass is 35.5. The lowest BCUT2D eigenvalue weighted by atomic mass is 10.1. The Labute approximate surface area is 233 Å². The lowest BCUT2D eigenvalue weighted by Gasteiger charge is -2.16. The van der Waals surface area contributed by atoms with E-state index in [0.29, 0.717) is 16.9 Å². The minimum Gasteiger partial charge on any atom is -0.459 e. The van der Waals surface area contributed by atoms with Crippen LogP contribution in [0.4, 0.5) is 17.1 Å². The molecule has 0 spiro atoms. The quantitative estimate of drug-likeness (QED) is 0.256. The summed E-state index contributed by atoms with van der Waals surface area (Å²) in [5.74, 6) is -2.31. The molecule has 38 heavy (non-hydrogen) atoms. The summed E-state index contributed by atoms with van der Waals surface area (Å²) in [6.45, 7) is 3.51. The van der Waals surface area contributed by atoms with Gasteiger partial charge in [0.1, 0.15) is 10.7 Å². The van der Waals surface area contributed by atoms with Gasteiger partial charge < -0.3 is 15.4 Å². The number of hydrogen-bond acceptors (Lipinski definition) is 6. The van der Waals surface area contributed by atoms with Gasteiger partial charge in [0.2, 0.25) is 0 Å². The SMILES string of the molecule is CC(C)OC(=O)c1ccc(NC(=O)c2cccc(NC3=C(Cl)C(=O)N(c4ccc(Cl)c(Cl)c4)C3=O)c2)cc1. The van der Waals surface area contributed by atoms with E-state index in [2.05, 4.69) is 10.6 Å². The van der Waals surface area contributed by atoms with Gasteiger partial charge in [-0.1, -0.05) is 40.9 Å². The number of halogens is 3. The summed E-state index contributed by atoms with van der Waals surface area (Å²) in [4.78, 5) is 51.4. The Balaban J connectivity index is 1.47. The molecule has 4 rings (SSSR count). The normalized spacial score (nSPS) is 13.3. The summed E-state index contributed by atoms with van der Waals surface area (Å²) in [7, 11) is 0. The Morgan fingerprint density at radius 1 is 0.816 bits per heavy atom. The minimum atomic E-state index is -0.729. The first-order valence-corrected chi connectivity index (χ1v) is 12.4. The number of nitrogens with zero attached hydrogens (tertiary/aromatic N) is 1. The molecule has 11 heteroatoms. The predicted molar refractivity (Wildman–Crippen MR) is 147 cm³/mol. The Kier molecular flexibility index (Phi) is 8.06. The van der Waals surface area contributed by atoms with Crippen LogP contribution in [0.1, 0.15) is 34.6 Å². The average molecular weight is 573 g/mol. The topological polar surface area (TPSA) is 105 Å². The number of amides is 3. The van der Waals surface area contributed by atoms with Crippen LogP contribution < -0.4 is 15.5 Å². The van der Waals surface area contributed by atoms with E-state index in [1.165, 1.54) is 24.3 Å². The van der Waals surface area contributed by atoms with Crippen molar-refractivity contribution in [3.8, 4) is 0 Å². The number of imide groups is 1. The van der Waals surface area contributed by atoms with Crippen LogP contribution in [0.3, 0.4) is 0 Å². The number of nitrogens with one attached hydrogen (secondary N) is 2. The maximum atomic E-state index is 13.0. The van der Waals surface area contributed by atoms with E-state index >= 15 is 0 Å². The van der Waals surface area contributed by atoms with Crippen molar-refractivity contribution in [1.29, 1.82) is 0 Å². The summed E-state index contributed by atoms with van der Waals surface area (Å²) in [6, 6.07) is 16.9. The van der Waals surface area contributed by atoms with Gasteiger partial charge in [0.25, 0.3) is 17.7 Å². The van der Waals surface area contributed by atoms with Gasteiger partial charge in [-0.25, -0.2) is 9.69 Å². The van der Waals surface area contributed by atoms with Gasteiger partial charge in [-0.05, 0) is 74.5 Å². The van der Waals surface area contributed by atoms with Crippen molar-refractivity contribution in [1.82, 2.24) is 0 Å². The van der Waals surface area contributed by atoms with Crippen LogP contribution in [-0.4, -0.2) is 29.8 Å². The molecule has 2 N–H and O–H groups in total.